The molecule has 0 saturated heterocycles. The first kappa shape index (κ1) is 13.8. The molecule has 104 valence electrons. The maximum atomic E-state index is 12.2. The second-order valence-corrected chi connectivity index (χ2v) is 6.65. The number of hydrogen-bond donors (Lipinski definition) is 3. The molecule has 19 heavy (non-hydrogen) atoms. The smallest absolute Gasteiger partial charge is 0.306 e. The minimum Gasteiger partial charge on any atom is -0.306 e. The van der Waals surface area contributed by atoms with Crippen LogP contribution in [0, 0.1) is 5.92 Å². The van der Waals surface area contributed by atoms with E-state index in [1.165, 1.54) is 12.1 Å². The van der Waals surface area contributed by atoms with Crippen molar-refractivity contribution in [2.24, 2.45) is 5.92 Å². The third kappa shape index (κ3) is 2.87. The highest BCUT2D eigenvalue weighted by Gasteiger charge is 2.19. The minimum absolute atomic E-state index is 0.141. The fourth-order valence-electron chi connectivity index (χ4n) is 1.63. The van der Waals surface area contributed by atoms with E-state index in [0.29, 0.717) is 11.0 Å². The molecule has 1 atom stereocenters. The van der Waals surface area contributed by atoms with Crippen LogP contribution >= 0.6 is 0 Å². The molecule has 0 amide bonds. The van der Waals surface area contributed by atoms with E-state index in [2.05, 4.69) is 14.7 Å². The Bertz CT molecular complexity index is 743. The largest absolute Gasteiger partial charge is 0.323 e. The number of hydrogen-bond acceptors (Lipinski definition) is 3. The molecule has 0 aliphatic carbocycles. The van der Waals surface area contributed by atoms with Crippen LogP contribution in [0.3, 0.4) is 0 Å². The van der Waals surface area contributed by atoms with Crippen LogP contribution in [0.25, 0.3) is 11.0 Å². The second-order valence-electron chi connectivity index (χ2n) is 4.94. The Kier molecular flexibility index (Phi) is 3.51. The normalized spacial score (nSPS) is 14.1. The Hall–Kier alpha value is -1.60. The van der Waals surface area contributed by atoms with Crippen molar-refractivity contribution < 1.29 is 8.42 Å². The summed E-state index contributed by atoms with van der Waals surface area (Å²) in [6.45, 7) is 5.71. The van der Waals surface area contributed by atoms with Gasteiger partial charge in [-0.15, -0.1) is 0 Å². The van der Waals surface area contributed by atoms with Gasteiger partial charge in [-0.2, -0.15) is 0 Å². The zero-order valence-corrected chi connectivity index (χ0v) is 11.8. The molecule has 1 unspecified atom stereocenters. The SMILES string of the molecule is CC(C)C(C)NS(=O)(=O)c1ccc2[nH]c(=O)[nH]c2c1. The molecule has 2 aromatic rings. The minimum atomic E-state index is -3.57. The first-order chi connectivity index (χ1) is 8.79. The van der Waals surface area contributed by atoms with Crippen molar-refractivity contribution in [2.45, 2.75) is 31.7 Å². The van der Waals surface area contributed by atoms with Crippen molar-refractivity contribution in [3.05, 3.63) is 28.7 Å². The number of sulfonamides is 1. The molecule has 1 aromatic carbocycles. The van der Waals surface area contributed by atoms with E-state index in [1.807, 2.05) is 20.8 Å². The molecule has 0 aliphatic rings. The third-order valence-electron chi connectivity index (χ3n) is 3.14. The van der Waals surface area contributed by atoms with Crippen molar-refractivity contribution in [1.82, 2.24) is 14.7 Å². The molecular formula is C12H17N3O3S. The van der Waals surface area contributed by atoms with Crippen LogP contribution in [0.15, 0.2) is 27.9 Å². The average Bonchev–Trinajstić information content (AvgIpc) is 2.67. The van der Waals surface area contributed by atoms with Gasteiger partial charge in [0.25, 0.3) is 0 Å². The number of aromatic amines is 2. The lowest BCUT2D eigenvalue weighted by atomic mass is 10.1. The van der Waals surface area contributed by atoms with Gasteiger partial charge in [0.2, 0.25) is 10.0 Å². The molecule has 3 N–H and O–H groups in total. The Labute approximate surface area is 111 Å². The van der Waals surface area contributed by atoms with Gasteiger partial charge in [0.15, 0.2) is 0 Å². The molecule has 1 heterocycles. The van der Waals surface area contributed by atoms with E-state index >= 15 is 0 Å². The molecule has 0 fully saturated rings. The molecular weight excluding hydrogens is 266 g/mol. The number of H-pyrrole nitrogens is 2. The summed E-state index contributed by atoms with van der Waals surface area (Å²) in [4.78, 5) is 16.4. The Morgan fingerprint density at radius 1 is 1.11 bits per heavy atom. The highest BCUT2D eigenvalue weighted by atomic mass is 32.2. The van der Waals surface area contributed by atoms with Crippen molar-refractivity contribution >= 4 is 21.1 Å². The summed E-state index contributed by atoms with van der Waals surface area (Å²) in [5.41, 5.74) is 0.707. The van der Waals surface area contributed by atoms with Gasteiger partial charge in [-0.3, -0.25) is 0 Å². The standard InChI is InChI=1S/C12H17N3O3S/c1-7(2)8(3)15-19(17,18)9-4-5-10-11(6-9)14-12(16)13-10/h4-8,15H,1-3H3,(H2,13,14,16). The van der Waals surface area contributed by atoms with E-state index in [9.17, 15) is 13.2 Å². The van der Waals surface area contributed by atoms with Gasteiger partial charge < -0.3 is 9.97 Å². The molecule has 0 bridgehead atoms. The maximum absolute atomic E-state index is 12.2. The number of benzene rings is 1. The third-order valence-corrected chi connectivity index (χ3v) is 4.70. The number of fused-ring (bicyclic) bond motifs is 1. The molecule has 0 aliphatic heterocycles. The van der Waals surface area contributed by atoms with Crippen molar-refractivity contribution in [3.63, 3.8) is 0 Å². The van der Waals surface area contributed by atoms with Gasteiger partial charge in [0.1, 0.15) is 0 Å². The summed E-state index contributed by atoms with van der Waals surface area (Å²) in [5, 5.41) is 0. The topological polar surface area (TPSA) is 94.8 Å². The molecule has 0 radical (unpaired) electrons. The van der Waals surface area contributed by atoms with E-state index in [-0.39, 0.29) is 22.5 Å². The van der Waals surface area contributed by atoms with E-state index < -0.39 is 10.0 Å². The highest BCUT2D eigenvalue weighted by molar-refractivity contribution is 7.89. The Balaban J connectivity index is 2.40. The molecule has 1 aromatic heterocycles. The average molecular weight is 283 g/mol. The summed E-state index contributed by atoms with van der Waals surface area (Å²) >= 11 is 0. The zero-order chi connectivity index (χ0) is 14.2. The van der Waals surface area contributed by atoms with Gasteiger partial charge in [-0.05, 0) is 31.0 Å². The Morgan fingerprint density at radius 2 is 1.74 bits per heavy atom. The van der Waals surface area contributed by atoms with E-state index in [0.717, 1.165) is 0 Å². The van der Waals surface area contributed by atoms with Gasteiger partial charge in [0.05, 0.1) is 15.9 Å². The molecule has 7 heteroatoms. The van der Waals surface area contributed by atoms with Crippen LogP contribution in [0.2, 0.25) is 0 Å². The molecule has 0 spiro atoms. The van der Waals surface area contributed by atoms with Crippen LogP contribution in [0.1, 0.15) is 20.8 Å². The number of aromatic nitrogens is 2. The van der Waals surface area contributed by atoms with Crippen LogP contribution in [0.4, 0.5) is 0 Å². The van der Waals surface area contributed by atoms with Gasteiger partial charge in [-0.25, -0.2) is 17.9 Å². The van der Waals surface area contributed by atoms with E-state index in [4.69, 9.17) is 0 Å². The second kappa shape index (κ2) is 4.82. The van der Waals surface area contributed by atoms with Crippen LogP contribution < -0.4 is 10.4 Å². The molecule has 6 nitrogen and oxygen atoms in total. The Morgan fingerprint density at radius 3 is 2.37 bits per heavy atom. The summed E-state index contributed by atoms with van der Waals surface area (Å²) in [6.07, 6.45) is 0. The lowest BCUT2D eigenvalue weighted by Gasteiger charge is -2.17. The first-order valence-corrected chi connectivity index (χ1v) is 7.52. The molecule has 2 rings (SSSR count). The maximum Gasteiger partial charge on any atom is 0.323 e. The lowest BCUT2D eigenvalue weighted by Crippen LogP contribution is -2.36. The van der Waals surface area contributed by atoms with Crippen molar-refractivity contribution in [1.29, 1.82) is 0 Å². The quantitative estimate of drug-likeness (QED) is 0.786. The monoisotopic (exact) mass is 283 g/mol. The van der Waals surface area contributed by atoms with Gasteiger partial charge in [0, 0.05) is 6.04 Å². The zero-order valence-electron chi connectivity index (χ0n) is 11.0. The van der Waals surface area contributed by atoms with Crippen LogP contribution in [-0.2, 0) is 10.0 Å². The summed E-state index contributed by atoms with van der Waals surface area (Å²) in [7, 11) is -3.57. The summed E-state index contributed by atoms with van der Waals surface area (Å²) in [6, 6.07) is 4.33. The summed E-state index contributed by atoms with van der Waals surface area (Å²) < 4.78 is 27.0. The predicted molar refractivity (Wildman–Crippen MR) is 73.5 cm³/mol. The predicted octanol–water partition coefficient (Wildman–Crippen LogP) is 1.18. The van der Waals surface area contributed by atoms with E-state index in [1.54, 1.807) is 6.07 Å². The highest BCUT2D eigenvalue weighted by Crippen LogP contribution is 2.16. The van der Waals surface area contributed by atoms with Gasteiger partial charge >= 0.3 is 5.69 Å². The van der Waals surface area contributed by atoms with Crippen LogP contribution in [0.5, 0.6) is 0 Å². The first-order valence-electron chi connectivity index (χ1n) is 6.04. The van der Waals surface area contributed by atoms with Crippen molar-refractivity contribution in [2.75, 3.05) is 0 Å². The fourth-order valence-corrected chi connectivity index (χ4v) is 3.05. The van der Waals surface area contributed by atoms with Crippen LogP contribution in [-0.4, -0.2) is 24.4 Å². The van der Waals surface area contributed by atoms with Gasteiger partial charge in [-0.1, -0.05) is 13.8 Å². The lowest BCUT2D eigenvalue weighted by molar-refractivity contribution is 0.476. The number of nitrogens with one attached hydrogen (secondary N) is 3. The summed E-state index contributed by atoms with van der Waals surface area (Å²) in [5.74, 6) is 0.200. The molecule has 0 saturated carbocycles. The van der Waals surface area contributed by atoms with Crippen molar-refractivity contribution in [3.8, 4) is 0 Å². The fraction of sp³-hybridized carbons (Fsp3) is 0.417. The number of imidazole rings is 1. The number of rotatable bonds is 4.